The zero-order valence-corrected chi connectivity index (χ0v) is 10.3. The highest BCUT2D eigenvalue weighted by atomic mass is 16.2. The maximum absolute atomic E-state index is 11.8. The lowest BCUT2D eigenvalue weighted by molar-refractivity contribution is -0.129. The fourth-order valence-corrected chi connectivity index (χ4v) is 2.41. The van der Waals surface area contributed by atoms with Gasteiger partial charge in [0.2, 0.25) is 5.91 Å². The zero-order valence-electron chi connectivity index (χ0n) is 10.3. The van der Waals surface area contributed by atoms with E-state index in [4.69, 9.17) is 5.73 Å². The van der Waals surface area contributed by atoms with Crippen LogP contribution in [0.5, 0.6) is 0 Å². The van der Waals surface area contributed by atoms with Gasteiger partial charge in [0.05, 0.1) is 6.04 Å². The van der Waals surface area contributed by atoms with E-state index in [0.29, 0.717) is 6.04 Å². The molecule has 2 fully saturated rings. The van der Waals surface area contributed by atoms with Crippen molar-refractivity contribution in [3.8, 4) is 0 Å². The Morgan fingerprint density at radius 3 is 2.69 bits per heavy atom. The molecular weight excluding hydrogens is 202 g/mol. The number of likely N-dealkylation sites (tertiary alicyclic amines) is 1. The van der Waals surface area contributed by atoms with Gasteiger partial charge in [-0.2, -0.15) is 0 Å². The van der Waals surface area contributed by atoms with Gasteiger partial charge >= 0.3 is 0 Å². The van der Waals surface area contributed by atoms with Gasteiger partial charge in [0.25, 0.3) is 0 Å². The molecule has 3 N–H and O–H groups in total. The summed E-state index contributed by atoms with van der Waals surface area (Å²) in [5.41, 5.74) is 6.14. The van der Waals surface area contributed by atoms with Gasteiger partial charge in [0, 0.05) is 24.7 Å². The number of hydrogen-bond donors (Lipinski definition) is 2. The van der Waals surface area contributed by atoms with Crippen molar-refractivity contribution >= 4 is 5.91 Å². The molecule has 0 bridgehead atoms. The number of carbonyl (C=O) groups is 1. The van der Waals surface area contributed by atoms with Crippen molar-refractivity contribution in [2.45, 2.75) is 57.2 Å². The summed E-state index contributed by atoms with van der Waals surface area (Å²) in [6, 6.07) is 0.434. The molecule has 0 spiro atoms. The number of nitrogens with one attached hydrogen (secondary N) is 1. The molecule has 92 valence electrons. The van der Waals surface area contributed by atoms with E-state index >= 15 is 0 Å². The molecule has 1 amide bonds. The molecule has 1 atom stereocenters. The minimum atomic E-state index is -0.0388. The van der Waals surface area contributed by atoms with Crippen molar-refractivity contribution in [1.29, 1.82) is 0 Å². The van der Waals surface area contributed by atoms with Crippen molar-refractivity contribution in [2.24, 2.45) is 5.73 Å². The lowest BCUT2D eigenvalue weighted by Crippen LogP contribution is -2.70. The second-order valence-corrected chi connectivity index (χ2v) is 5.48. The highest BCUT2D eigenvalue weighted by Crippen LogP contribution is 2.26. The Morgan fingerprint density at radius 1 is 1.56 bits per heavy atom. The molecule has 16 heavy (non-hydrogen) atoms. The van der Waals surface area contributed by atoms with Crippen LogP contribution in [0.2, 0.25) is 0 Å². The first-order chi connectivity index (χ1) is 7.54. The van der Waals surface area contributed by atoms with Crippen molar-refractivity contribution in [2.75, 3.05) is 13.1 Å². The molecule has 2 rings (SSSR count). The van der Waals surface area contributed by atoms with Crippen LogP contribution < -0.4 is 11.1 Å². The largest absolute Gasteiger partial charge is 0.352 e. The minimum Gasteiger partial charge on any atom is -0.352 e. The number of carbonyl (C=O) groups excluding carboxylic acids is 1. The van der Waals surface area contributed by atoms with Crippen LogP contribution in [0.4, 0.5) is 0 Å². The molecule has 1 heterocycles. The third-order valence-corrected chi connectivity index (χ3v) is 3.63. The van der Waals surface area contributed by atoms with E-state index in [1.165, 1.54) is 0 Å². The predicted octanol–water partition coefficient (Wildman–Crippen LogP) is 0.467. The van der Waals surface area contributed by atoms with Crippen molar-refractivity contribution in [1.82, 2.24) is 10.2 Å². The number of nitrogens with two attached hydrogens (primary N) is 1. The molecular formula is C12H23N3O. The summed E-state index contributed by atoms with van der Waals surface area (Å²) >= 11 is 0. The molecule has 4 nitrogen and oxygen atoms in total. The molecule has 1 saturated carbocycles. The third kappa shape index (κ3) is 2.55. The summed E-state index contributed by atoms with van der Waals surface area (Å²) in [5.74, 6) is 0.168. The van der Waals surface area contributed by atoms with E-state index in [0.717, 1.165) is 38.8 Å². The minimum absolute atomic E-state index is 0.0193. The molecule has 0 aromatic carbocycles. The summed E-state index contributed by atoms with van der Waals surface area (Å²) in [6.07, 6.45) is 4.47. The summed E-state index contributed by atoms with van der Waals surface area (Å²) in [4.78, 5) is 14.0. The Kier molecular flexibility index (Phi) is 3.22. The normalized spacial score (nSPS) is 25.9. The van der Waals surface area contributed by atoms with Crippen LogP contribution in [0.15, 0.2) is 0 Å². The van der Waals surface area contributed by atoms with Crippen LogP contribution in [0.25, 0.3) is 0 Å². The molecule has 4 heteroatoms. The second kappa shape index (κ2) is 4.34. The van der Waals surface area contributed by atoms with Gasteiger partial charge in [-0.25, -0.2) is 0 Å². The Bertz CT molecular complexity index is 269. The molecule has 2 aliphatic rings. The SMILES string of the molecule is CCCC1(N)CN(C(C)C(=O)NC2CC2)C1. The average Bonchev–Trinajstić information content (AvgIpc) is 2.97. The van der Waals surface area contributed by atoms with E-state index in [1.54, 1.807) is 0 Å². The van der Waals surface area contributed by atoms with Crippen molar-refractivity contribution in [3.63, 3.8) is 0 Å². The van der Waals surface area contributed by atoms with Crippen molar-refractivity contribution < 1.29 is 4.79 Å². The standard InChI is InChI=1S/C12H23N3O/c1-3-6-12(13)7-15(8-12)9(2)11(16)14-10-4-5-10/h9-10H,3-8,13H2,1-2H3,(H,14,16). The van der Waals surface area contributed by atoms with E-state index < -0.39 is 0 Å². The first-order valence-corrected chi connectivity index (χ1v) is 6.37. The highest BCUT2D eigenvalue weighted by molar-refractivity contribution is 5.82. The number of nitrogens with zero attached hydrogens (tertiary/aromatic N) is 1. The maximum atomic E-state index is 11.8. The topological polar surface area (TPSA) is 58.4 Å². The highest BCUT2D eigenvalue weighted by Gasteiger charge is 2.42. The first-order valence-electron chi connectivity index (χ1n) is 6.37. The van der Waals surface area contributed by atoms with E-state index in [9.17, 15) is 4.79 Å². The molecule has 1 saturated heterocycles. The Labute approximate surface area is 97.6 Å². The quantitative estimate of drug-likeness (QED) is 0.715. The summed E-state index contributed by atoms with van der Waals surface area (Å²) in [7, 11) is 0. The fourth-order valence-electron chi connectivity index (χ4n) is 2.41. The Morgan fingerprint density at radius 2 is 2.19 bits per heavy atom. The van der Waals surface area contributed by atoms with Crippen LogP contribution in [0.3, 0.4) is 0 Å². The van der Waals surface area contributed by atoms with E-state index in [-0.39, 0.29) is 17.5 Å². The van der Waals surface area contributed by atoms with Crippen LogP contribution >= 0.6 is 0 Å². The lowest BCUT2D eigenvalue weighted by atomic mass is 9.85. The molecule has 1 unspecified atom stereocenters. The van der Waals surface area contributed by atoms with Crippen LogP contribution in [-0.2, 0) is 4.79 Å². The smallest absolute Gasteiger partial charge is 0.237 e. The first kappa shape index (κ1) is 11.9. The Balaban J connectivity index is 1.75. The lowest BCUT2D eigenvalue weighted by Gasteiger charge is -2.50. The van der Waals surface area contributed by atoms with Crippen molar-refractivity contribution in [3.05, 3.63) is 0 Å². The third-order valence-electron chi connectivity index (χ3n) is 3.63. The van der Waals surface area contributed by atoms with Gasteiger partial charge in [-0.3, -0.25) is 9.69 Å². The summed E-state index contributed by atoms with van der Waals surface area (Å²) in [5, 5.41) is 3.04. The second-order valence-electron chi connectivity index (χ2n) is 5.48. The van der Waals surface area contributed by atoms with Gasteiger partial charge in [0.1, 0.15) is 0 Å². The van der Waals surface area contributed by atoms with Gasteiger partial charge < -0.3 is 11.1 Å². The Hall–Kier alpha value is -0.610. The number of hydrogen-bond acceptors (Lipinski definition) is 3. The molecule has 1 aliphatic heterocycles. The molecule has 1 aliphatic carbocycles. The summed E-state index contributed by atoms with van der Waals surface area (Å²) < 4.78 is 0. The van der Waals surface area contributed by atoms with Gasteiger partial charge in [-0.05, 0) is 26.2 Å². The fraction of sp³-hybridized carbons (Fsp3) is 0.917. The summed E-state index contributed by atoms with van der Waals surface area (Å²) in [6.45, 7) is 5.85. The van der Waals surface area contributed by atoms with E-state index in [1.807, 2.05) is 6.92 Å². The molecule has 0 aromatic rings. The van der Waals surface area contributed by atoms with Crippen LogP contribution in [0, 0.1) is 0 Å². The zero-order chi connectivity index (χ0) is 11.8. The predicted molar refractivity (Wildman–Crippen MR) is 64.0 cm³/mol. The van der Waals surface area contributed by atoms with Crippen LogP contribution in [0.1, 0.15) is 39.5 Å². The van der Waals surface area contributed by atoms with Gasteiger partial charge in [0.15, 0.2) is 0 Å². The number of amides is 1. The van der Waals surface area contributed by atoms with Crippen LogP contribution in [-0.4, -0.2) is 41.5 Å². The molecule has 0 radical (unpaired) electrons. The van der Waals surface area contributed by atoms with Gasteiger partial charge in [-0.15, -0.1) is 0 Å². The maximum Gasteiger partial charge on any atom is 0.237 e. The average molecular weight is 225 g/mol. The monoisotopic (exact) mass is 225 g/mol. The van der Waals surface area contributed by atoms with E-state index in [2.05, 4.69) is 17.1 Å². The number of rotatable bonds is 5. The molecule has 0 aromatic heterocycles. The van der Waals surface area contributed by atoms with Gasteiger partial charge in [-0.1, -0.05) is 13.3 Å².